The van der Waals surface area contributed by atoms with Crippen molar-refractivity contribution in [3.8, 4) is 0 Å². The number of nitrogens with zero attached hydrogens (tertiary/aromatic N) is 3. The summed E-state index contributed by atoms with van der Waals surface area (Å²) in [5.74, 6) is -0.147. The fourth-order valence-corrected chi connectivity index (χ4v) is 1.96. The Kier molecular flexibility index (Phi) is 4.83. The fourth-order valence-electron chi connectivity index (χ4n) is 1.31. The summed E-state index contributed by atoms with van der Waals surface area (Å²) < 4.78 is 3.74. The number of hydrogen-bond donors (Lipinski definition) is 3. The molecule has 0 aromatic carbocycles. The third-order valence-corrected chi connectivity index (χ3v) is 2.89. The summed E-state index contributed by atoms with van der Waals surface area (Å²) in [7, 11) is 0. The summed E-state index contributed by atoms with van der Waals surface area (Å²) in [6, 6.07) is -0.217. The van der Waals surface area contributed by atoms with Gasteiger partial charge in [-0.15, -0.1) is 5.10 Å². The first-order chi connectivity index (χ1) is 8.08. The lowest BCUT2D eigenvalue weighted by Gasteiger charge is -2.12. The zero-order valence-electron chi connectivity index (χ0n) is 9.67. The van der Waals surface area contributed by atoms with Crippen molar-refractivity contribution in [3.63, 3.8) is 0 Å². The third-order valence-electron chi connectivity index (χ3n) is 2.12. The van der Waals surface area contributed by atoms with E-state index < -0.39 is 0 Å². The van der Waals surface area contributed by atoms with Crippen LogP contribution in [0.1, 0.15) is 35.6 Å². The molecular formula is C9H15N5O2S. The van der Waals surface area contributed by atoms with Crippen molar-refractivity contribution in [1.82, 2.24) is 14.9 Å². The van der Waals surface area contributed by atoms with Crippen molar-refractivity contribution in [2.75, 3.05) is 0 Å². The zero-order valence-corrected chi connectivity index (χ0v) is 10.5. The first-order valence-corrected chi connectivity index (χ1v) is 5.94. The molecule has 1 heterocycles. The van der Waals surface area contributed by atoms with Crippen molar-refractivity contribution >= 4 is 23.3 Å². The van der Waals surface area contributed by atoms with Crippen molar-refractivity contribution < 1.29 is 10.0 Å². The Bertz CT molecular complexity index is 417. The van der Waals surface area contributed by atoms with E-state index >= 15 is 0 Å². The minimum absolute atomic E-state index is 0.0796. The van der Waals surface area contributed by atoms with Crippen molar-refractivity contribution in [3.05, 3.63) is 10.6 Å². The van der Waals surface area contributed by atoms with E-state index in [2.05, 4.69) is 20.1 Å². The van der Waals surface area contributed by atoms with Crippen LogP contribution in [-0.2, 0) is 6.42 Å². The summed E-state index contributed by atoms with van der Waals surface area (Å²) >= 11 is 1.06. The van der Waals surface area contributed by atoms with Crippen molar-refractivity contribution in [2.24, 2.45) is 10.9 Å². The number of nitrogens with two attached hydrogens (primary N) is 1. The van der Waals surface area contributed by atoms with E-state index in [4.69, 9.17) is 10.9 Å². The van der Waals surface area contributed by atoms with Crippen LogP contribution < -0.4 is 11.1 Å². The van der Waals surface area contributed by atoms with Crippen LogP contribution in [0.5, 0.6) is 0 Å². The van der Waals surface area contributed by atoms with Gasteiger partial charge in [-0.25, -0.2) is 0 Å². The highest BCUT2D eigenvalue weighted by Crippen LogP contribution is 2.11. The molecule has 1 rings (SSSR count). The number of aryl methyl sites for hydroxylation is 1. The Labute approximate surface area is 103 Å². The van der Waals surface area contributed by atoms with Crippen LogP contribution >= 0.6 is 11.5 Å². The molecule has 0 saturated heterocycles. The molecule has 1 aromatic rings. The van der Waals surface area contributed by atoms with Crippen LogP contribution in [0.3, 0.4) is 0 Å². The van der Waals surface area contributed by atoms with Gasteiger partial charge in [0, 0.05) is 12.5 Å². The molecule has 94 valence electrons. The predicted octanol–water partition coefficient (Wildman–Crippen LogP) is 0.355. The zero-order chi connectivity index (χ0) is 12.8. The number of hydrogen-bond acceptors (Lipinski definition) is 6. The van der Waals surface area contributed by atoms with Crippen LogP contribution in [-0.4, -0.2) is 32.6 Å². The standard InChI is InChI=1S/C9H15N5O2S/c1-3-6-8(17-14-12-6)9(15)11-5(2)4-7(10)13-16/h5,16H,3-4H2,1-2H3,(H2,10,13)(H,11,15). The Balaban J connectivity index is 2.60. The Morgan fingerprint density at radius 2 is 2.41 bits per heavy atom. The molecule has 0 aliphatic carbocycles. The quantitative estimate of drug-likeness (QED) is 0.305. The molecule has 7 nitrogen and oxygen atoms in total. The van der Waals surface area contributed by atoms with Crippen LogP contribution in [0.4, 0.5) is 0 Å². The van der Waals surface area contributed by atoms with Gasteiger partial charge in [0.25, 0.3) is 5.91 Å². The van der Waals surface area contributed by atoms with E-state index in [0.717, 1.165) is 11.5 Å². The molecule has 4 N–H and O–H groups in total. The minimum Gasteiger partial charge on any atom is -0.409 e. The van der Waals surface area contributed by atoms with Gasteiger partial charge in [0.2, 0.25) is 0 Å². The molecule has 0 aliphatic rings. The van der Waals surface area contributed by atoms with Crippen LogP contribution in [0, 0.1) is 0 Å². The predicted molar refractivity (Wildman–Crippen MR) is 64.2 cm³/mol. The van der Waals surface area contributed by atoms with E-state index in [1.54, 1.807) is 6.92 Å². The van der Waals surface area contributed by atoms with Gasteiger partial charge in [-0.1, -0.05) is 16.6 Å². The molecule has 1 aromatic heterocycles. The molecule has 8 heteroatoms. The molecule has 1 amide bonds. The number of nitrogens with one attached hydrogen (secondary N) is 1. The second-order valence-corrected chi connectivity index (χ2v) is 4.33. The average Bonchev–Trinajstić information content (AvgIpc) is 2.76. The van der Waals surface area contributed by atoms with Gasteiger partial charge in [-0.2, -0.15) is 0 Å². The maximum atomic E-state index is 11.8. The molecule has 0 radical (unpaired) electrons. The van der Waals surface area contributed by atoms with Crippen LogP contribution in [0.25, 0.3) is 0 Å². The van der Waals surface area contributed by atoms with Crippen molar-refractivity contribution in [2.45, 2.75) is 32.7 Å². The second-order valence-electron chi connectivity index (χ2n) is 3.57. The van der Waals surface area contributed by atoms with E-state index in [9.17, 15) is 4.79 Å². The van der Waals surface area contributed by atoms with Crippen molar-refractivity contribution in [1.29, 1.82) is 0 Å². The smallest absolute Gasteiger partial charge is 0.265 e. The molecule has 0 spiro atoms. The summed E-state index contributed by atoms with van der Waals surface area (Å²) in [4.78, 5) is 12.4. The number of amidine groups is 1. The SMILES string of the molecule is CCc1nnsc1C(=O)NC(C)CC(N)=NO. The lowest BCUT2D eigenvalue weighted by molar-refractivity contribution is 0.0944. The summed E-state index contributed by atoms with van der Waals surface area (Å²) in [6.07, 6.45) is 0.948. The Morgan fingerprint density at radius 1 is 1.71 bits per heavy atom. The first-order valence-electron chi connectivity index (χ1n) is 5.17. The molecule has 0 saturated carbocycles. The lowest BCUT2D eigenvalue weighted by atomic mass is 10.2. The maximum absolute atomic E-state index is 11.8. The van der Waals surface area contributed by atoms with Gasteiger partial charge in [-0.05, 0) is 24.9 Å². The van der Waals surface area contributed by atoms with Crippen LogP contribution in [0.15, 0.2) is 5.16 Å². The normalized spacial score (nSPS) is 13.4. The average molecular weight is 257 g/mol. The maximum Gasteiger partial charge on any atom is 0.265 e. The number of oxime groups is 1. The summed E-state index contributed by atoms with van der Waals surface area (Å²) in [5, 5.41) is 17.9. The molecule has 0 aliphatic heterocycles. The van der Waals surface area contributed by atoms with Gasteiger partial charge < -0.3 is 16.3 Å². The summed E-state index contributed by atoms with van der Waals surface area (Å²) in [5.41, 5.74) is 6.03. The molecule has 1 unspecified atom stereocenters. The molecule has 0 bridgehead atoms. The molecule has 1 atom stereocenters. The first kappa shape index (κ1) is 13.4. The summed E-state index contributed by atoms with van der Waals surface area (Å²) in [6.45, 7) is 3.68. The molecular weight excluding hydrogens is 242 g/mol. The number of amides is 1. The van der Waals surface area contributed by atoms with E-state index in [1.807, 2.05) is 6.92 Å². The number of rotatable bonds is 5. The highest BCUT2D eigenvalue weighted by Gasteiger charge is 2.17. The van der Waals surface area contributed by atoms with Gasteiger partial charge in [0.15, 0.2) is 0 Å². The topological polar surface area (TPSA) is 113 Å². The van der Waals surface area contributed by atoms with Gasteiger partial charge in [0.05, 0.1) is 5.69 Å². The highest BCUT2D eigenvalue weighted by molar-refractivity contribution is 7.08. The minimum atomic E-state index is -0.227. The highest BCUT2D eigenvalue weighted by atomic mass is 32.1. The molecule has 17 heavy (non-hydrogen) atoms. The second kappa shape index (κ2) is 6.14. The van der Waals surface area contributed by atoms with Gasteiger partial charge >= 0.3 is 0 Å². The number of carbonyl (C=O) groups excluding carboxylic acids is 1. The third kappa shape index (κ3) is 3.66. The molecule has 0 fully saturated rings. The van der Waals surface area contributed by atoms with E-state index in [-0.39, 0.29) is 24.2 Å². The number of carbonyl (C=O) groups is 1. The lowest BCUT2D eigenvalue weighted by Crippen LogP contribution is -2.35. The largest absolute Gasteiger partial charge is 0.409 e. The number of aromatic nitrogens is 2. The monoisotopic (exact) mass is 257 g/mol. The van der Waals surface area contributed by atoms with E-state index in [0.29, 0.717) is 17.0 Å². The fraction of sp³-hybridized carbons (Fsp3) is 0.556. The van der Waals surface area contributed by atoms with Crippen LogP contribution in [0.2, 0.25) is 0 Å². The Morgan fingerprint density at radius 3 is 3.00 bits per heavy atom. The van der Waals surface area contributed by atoms with Gasteiger partial charge in [0.1, 0.15) is 10.7 Å². The Hall–Kier alpha value is -1.70. The van der Waals surface area contributed by atoms with E-state index in [1.165, 1.54) is 0 Å². The van der Waals surface area contributed by atoms with Gasteiger partial charge in [-0.3, -0.25) is 4.79 Å².